The van der Waals surface area contributed by atoms with Crippen molar-refractivity contribution in [2.75, 3.05) is 73.9 Å². The van der Waals surface area contributed by atoms with Gasteiger partial charge in [-0.25, -0.2) is 0 Å². The van der Waals surface area contributed by atoms with Crippen LogP contribution in [-0.4, -0.2) is 400 Å². The molecule has 842 valence electrons. The first-order valence-electron chi connectivity index (χ1n) is 49.7. The minimum atomic E-state index is -2.08. The van der Waals surface area contributed by atoms with Gasteiger partial charge in [0.25, 0.3) is 0 Å². The zero-order valence-corrected chi connectivity index (χ0v) is 90.4. The van der Waals surface area contributed by atoms with Crippen molar-refractivity contribution in [2.24, 2.45) is 41.4 Å². The third-order valence-corrected chi connectivity index (χ3v) is 25.7. The molecule has 0 saturated carbocycles. The largest absolute Gasteiger partial charge is 0.481 e. The van der Waals surface area contributed by atoms with E-state index in [-0.39, 0.29) is 73.7 Å². The molecule has 1 heterocycles. The Bertz CT molecular complexity index is 4690. The lowest BCUT2D eigenvalue weighted by atomic mass is 9.91. The maximum absolute atomic E-state index is 15.7. The number of hydrogen-bond donors (Lipinski definition) is 19. The zero-order valence-electron chi connectivity index (χ0n) is 89.6. The number of aliphatic hydroxyl groups excluding tert-OH is 1. The van der Waals surface area contributed by atoms with Crippen LogP contribution < -0.4 is 58.5 Å². The van der Waals surface area contributed by atoms with E-state index < -0.39 is 365 Å². The van der Waals surface area contributed by atoms with Crippen molar-refractivity contribution in [3.05, 3.63) is 12.2 Å². The number of carboxylic acid groups (broad SMARTS) is 7. The van der Waals surface area contributed by atoms with Crippen molar-refractivity contribution in [2.45, 2.75) is 336 Å². The fourth-order valence-corrected chi connectivity index (χ4v) is 16.9. The van der Waals surface area contributed by atoms with E-state index in [9.17, 15) is 136 Å². The lowest BCUT2D eigenvalue weighted by Gasteiger charge is -2.41. The van der Waals surface area contributed by atoms with Crippen molar-refractivity contribution in [1.82, 2.24) is 92.8 Å². The van der Waals surface area contributed by atoms with Gasteiger partial charge in [-0.3, -0.25) is 120 Å². The van der Waals surface area contributed by atoms with Crippen LogP contribution in [0.5, 0.6) is 0 Å². The number of nitrogens with one attached hydrogen (secondary N) is 11. The fourth-order valence-electron chi connectivity index (χ4n) is 16.2. The average molecular weight is 2140 g/mol. The third-order valence-electron chi connectivity index (χ3n) is 24.8. The van der Waals surface area contributed by atoms with Crippen LogP contribution >= 0.6 is 11.8 Å². The summed E-state index contributed by atoms with van der Waals surface area (Å²) >= 11 is 1.13. The first-order valence-corrected chi connectivity index (χ1v) is 50.9. The molecule has 1 aliphatic rings. The first kappa shape index (κ1) is 134. The summed E-state index contributed by atoms with van der Waals surface area (Å²) in [6.07, 6.45) is -9.05. The highest BCUT2D eigenvalue weighted by Crippen LogP contribution is 2.27. The summed E-state index contributed by atoms with van der Waals surface area (Å²) in [5.74, 6) is -32.1. The predicted octanol–water partition coefficient (Wildman–Crippen LogP) is -1.33. The number of carbonyl (C=O) groups is 25. The Morgan fingerprint density at radius 1 is 0.362 bits per heavy atom. The van der Waals surface area contributed by atoms with E-state index in [1.54, 1.807) is 81.4 Å². The minimum Gasteiger partial charge on any atom is -0.481 e. The maximum atomic E-state index is 15.7. The maximum Gasteiger partial charge on any atom is 0.322 e. The second-order valence-corrected chi connectivity index (χ2v) is 41.1. The number of allylic oxidation sites excluding steroid dienone is 1. The molecule has 1 aliphatic heterocycles. The van der Waals surface area contributed by atoms with E-state index in [0.717, 1.165) is 36.3 Å². The normalized spacial score (nSPS) is 21.2. The first-order chi connectivity index (χ1) is 69.1. The van der Waals surface area contributed by atoms with Crippen LogP contribution in [0.3, 0.4) is 0 Å². The number of carboxylic acids is 7. The zero-order chi connectivity index (χ0) is 114. The monoisotopic (exact) mass is 2140 g/mol. The van der Waals surface area contributed by atoms with Crippen LogP contribution in [0.2, 0.25) is 0 Å². The number of rotatable bonds is 52. The van der Waals surface area contributed by atoms with E-state index >= 15 is 19.2 Å². The summed E-state index contributed by atoms with van der Waals surface area (Å²) in [6.45, 7) is 25.1. The van der Waals surface area contributed by atoms with Gasteiger partial charge in [0.15, 0.2) is 0 Å². The minimum absolute atomic E-state index is 0.00424. The standard InChI is InChI=1S/C97H160N18O33S/c1-24-58-93(144)109(17)48-70(117)110(18)65(43-49(2)3)90(141)108-78(53(10)11)96(147)111(19)66(44-50(4)5)89(140)99-56(15)82(133)100-57(16)92(143)112(20)67(45-51(6)7)94(145)113(21)68(46-52(8)9)95(146)114(22)79(54(12)13)97(148)115(23)80(91(142)102-58)81(132)55(14)27-25-26-41-149-42-40-69(116)101-60(29-35-72(120)121)84(135)104-62(31-37-74(124)125)86(137)106-64(33-39-76(128)129)88(139)107-63(32-38-75(126)127)87(138)105-61(30-36-73(122)123)85(136)103-59(28-34-71(118)119)83(134)98-47-77(130)131/h25-26,49-68,78-81,132H,24,27-48H2,1-23H3,(H,98,134)(H,99,140)(H,100,133)(H,101,116)(H,102,142)(H,103,136)(H,104,135)(H,105,138)(H,106,137)(H,107,139)(H,108,141)(H,118,119)(H,120,121)(H,122,123)(H,124,125)(H,126,127)(H,128,129)(H,130,131)/b26-25+/t55-,56+,57-,58+,59-,60-,61-,62-,63-,64-,65+,66+,67+,68+,78+,79+,80+,81-/m1/s1. The molecule has 1 saturated heterocycles. The van der Waals surface area contributed by atoms with Crippen LogP contribution in [-0.2, 0) is 120 Å². The van der Waals surface area contributed by atoms with E-state index in [4.69, 9.17) is 5.11 Å². The highest BCUT2D eigenvalue weighted by atomic mass is 32.2. The Kier molecular flexibility index (Phi) is 58.9. The molecule has 0 radical (unpaired) electrons. The van der Waals surface area contributed by atoms with Crippen molar-refractivity contribution < 1.29 is 161 Å². The lowest BCUT2D eigenvalue weighted by molar-refractivity contribution is -0.157. The Labute approximate surface area is 872 Å². The fraction of sp³-hybridized carbons (Fsp3) is 0.722. The van der Waals surface area contributed by atoms with Crippen LogP contribution in [0.25, 0.3) is 0 Å². The van der Waals surface area contributed by atoms with Crippen LogP contribution in [0.1, 0.15) is 233 Å². The molecular formula is C97H160N18O33S. The van der Waals surface area contributed by atoms with Gasteiger partial charge in [-0.1, -0.05) is 109 Å². The molecular weight excluding hydrogens is 1980 g/mol. The smallest absolute Gasteiger partial charge is 0.322 e. The number of aliphatic hydroxyl groups is 1. The Hall–Kier alpha value is -13.2. The summed E-state index contributed by atoms with van der Waals surface area (Å²) in [6, 6.07) is -25.7. The molecule has 52 heteroatoms. The number of amides is 18. The molecule has 0 spiro atoms. The highest BCUT2D eigenvalue weighted by molar-refractivity contribution is 7.99. The molecule has 0 aromatic rings. The van der Waals surface area contributed by atoms with E-state index in [2.05, 4.69) is 53.2 Å². The summed E-state index contributed by atoms with van der Waals surface area (Å²) in [5.41, 5.74) is 0. The Morgan fingerprint density at radius 2 is 0.705 bits per heavy atom. The number of nitrogens with zero attached hydrogens (tertiary/aromatic N) is 7. The molecule has 0 bridgehead atoms. The molecule has 18 amide bonds. The second-order valence-electron chi connectivity index (χ2n) is 40.0. The van der Waals surface area contributed by atoms with Crippen molar-refractivity contribution in [3.8, 4) is 0 Å². The van der Waals surface area contributed by atoms with Crippen LogP contribution in [0, 0.1) is 41.4 Å². The van der Waals surface area contributed by atoms with E-state index in [1.165, 1.54) is 86.8 Å². The molecule has 51 nitrogen and oxygen atoms in total. The van der Waals surface area contributed by atoms with Gasteiger partial charge >= 0.3 is 41.8 Å². The third kappa shape index (κ3) is 46.6. The summed E-state index contributed by atoms with van der Waals surface area (Å²) in [4.78, 5) is 351. The molecule has 18 atom stereocenters. The highest BCUT2D eigenvalue weighted by Gasteiger charge is 2.47. The van der Waals surface area contributed by atoms with Gasteiger partial charge in [-0.15, -0.1) is 0 Å². The summed E-state index contributed by atoms with van der Waals surface area (Å²) < 4.78 is 0. The number of carbonyl (C=O) groups excluding carboxylic acids is 18. The summed E-state index contributed by atoms with van der Waals surface area (Å²) in [5, 5.41) is 105. The topological polar surface area (TPSA) is 744 Å². The van der Waals surface area contributed by atoms with Gasteiger partial charge in [-0.2, -0.15) is 11.8 Å². The number of thioether (sulfide) groups is 1. The van der Waals surface area contributed by atoms with Crippen molar-refractivity contribution >= 4 is 160 Å². The number of aliphatic carboxylic acids is 7. The van der Waals surface area contributed by atoms with Gasteiger partial charge < -0.3 is 134 Å². The van der Waals surface area contributed by atoms with Gasteiger partial charge in [-0.05, 0) is 132 Å². The predicted molar refractivity (Wildman–Crippen MR) is 538 cm³/mol. The Morgan fingerprint density at radius 3 is 1.07 bits per heavy atom. The van der Waals surface area contributed by atoms with Crippen LogP contribution in [0.15, 0.2) is 12.2 Å². The van der Waals surface area contributed by atoms with Gasteiger partial charge in [0.1, 0.15) is 103 Å². The second kappa shape index (κ2) is 65.6. The lowest BCUT2D eigenvalue weighted by Crippen LogP contribution is -2.63. The van der Waals surface area contributed by atoms with E-state index in [1.807, 2.05) is 19.2 Å². The molecule has 1 fully saturated rings. The SMILES string of the molecule is CC[C@@H]1NC(=O)[C@H]([C@H](O)[C@H](C)C/C=C/CSCCC(=O)N[C@H](CCC(=O)O)C(=O)N[C@H](CCC(=O)O)C(=O)N[C@H](CCC(=O)O)C(=O)N[C@H](CCC(=O)O)C(=O)N[C@H](CCC(=O)O)C(=O)N[C@H](CCC(=O)O)C(=O)NCC(=O)O)N(C)C(=O)[C@H](C(C)C)N(C)C(=O)[C@H](CC(C)C)N(C)C(=O)[C@H](CC(C)C)N(C)C(=O)[C@@H](C)NC(=O)[C@H](C)NC(=O)[C@H](CC(C)C)N(C)C(=O)[C@H](C(C)C)NC(=O)[C@H](CC(C)C)N(C)C(=O)CN(C)C1=O. The van der Waals surface area contributed by atoms with Crippen LogP contribution in [0.4, 0.5) is 0 Å². The molecule has 0 aromatic heterocycles. The summed E-state index contributed by atoms with van der Waals surface area (Å²) in [7, 11) is 9.27. The molecule has 0 aliphatic carbocycles. The Balaban J connectivity index is 4.08. The molecule has 0 aromatic carbocycles. The molecule has 1 rings (SSSR count). The number of likely N-dealkylation sites (N-methyl/N-ethyl adjacent to an activating group) is 7. The number of hydrogen-bond acceptors (Lipinski definition) is 27. The van der Waals surface area contributed by atoms with Gasteiger partial charge in [0.2, 0.25) is 106 Å². The molecule has 149 heavy (non-hydrogen) atoms. The molecule has 19 N–H and O–H groups in total. The van der Waals surface area contributed by atoms with Crippen molar-refractivity contribution in [3.63, 3.8) is 0 Å². The molecule has 0 unspecified atom stereocenters. The van der Waals surface area contributed by atoms with Gasteiger partial charge in [0.05, 0.1) is 12.6 Å². The van der Waals surface area contributed by atoms with Gasteiger partial charge in [0, 0.05) is 106 Å². The van der Waals surface area contributed by atoms with E-state index in [0.29, 0.717) is 0 Å². The average Bonchev–Trinajstić information content (AvgIpc) is 0.834. The van der Waals surface area contributed by atoms with Crippen molar-refractivity contribution in [1.29, 1.82) is 0 Å². The quantitative estimate of drug-likeness (QED) is 0.0248.